The van der Waals surface area contributed by atoms with Crippen molar-refractivity contribution in [3.63, 3.8) is 0 Å². The van der Waals surface area contributed by atoms with Crippen LogP contribution >= 0.6 is 0 Å². The highest BCUT2D eigenvalue weighted by atomic mass is 19.1. The van der Waals surface area contributed by atoms with E-state index in [0.29, 0.717) is 6.07 Å². The zero-order valence-corrected chi connectivity index (χ0v) is 9.91. The van der Waals surface area contributed by atoms with Gasteiger partial charge in [0.15, 0.2) is 0 Å². The number of aliphatic hydroxyl groups is 2. The molecular weight excluding hydrogens is 244 g/mol. The van der Waals surface area contributed by atoms with Crippen LogP contribution in [-0.2, 0) is 11.2 Å². The third-order valence-corrected chi connectivity index (χ3v) is 2.51. The Hall–Kier alpha value is -1.53. The van der Waals surface area contributed by atoms with Crippen molar-refractivity contribution in [2.24, 2.45) is 0 Å². The molecule has 0 aliphatic carbocycles. The molecule has 18 heavy (non-hydrogen) atoms. The van der Waals surface area contributed by atoms with Crippen molar-refractivity contribution in [1.29, 1.82) is 0 Å². The minimum absolute atomic E-state index is 0.0483. The molecule has 100 valence electrons. The zero-order valence-electron chi connectivity index (χ0n) is 9.91. The normalized spacial score (nSPS) is 11.4. The molecule has 0 atom stereocenters. The second-order valence-electron chi connectivity index (χ2n) is 4.34. The summed E-state index contributed by atoms with van der Waals surface area (Å²) in [7, 11) is 0. The third-order valence-electron chi connectivity index (χ3n) is 2.51. The average molecular weight is 259 g/mol. The van der Waals surface area contributed by atoms with Gasteiger partial charge in [0.2, 0.25) is 5.91 Å². The quantitative estimate of drug-likeness (QED) is 0.715. The molecule has 0 aromatic heterocycles. The first-order valence-corrected chi connectivity index (χ1v) is 5.37. The van der Waals surface area contributed by atoms with Crippen molar-refractivity contribution in [3.05, 3.63) is 35.4 Å². The summed E-state index contributed by atoms with van der Waals surface area (Å²) in [5.74, 6) is -2.09. The van der Waals surface area contributed by atoms with E-state index in [1.165, 1.54) is 13.0 Å². The number of carbonyl (C=O) groups excluding carboxylic acids is 1. The Balaban J connectivity index is 2.70. The van der Waals surface area contributed by atoms with E-state index >= 15 is 0 Å². The van der Waals surface area contributed by atoms with E-state index < -0.39 is 36.3 Å². The lowest BCUT2D eigenvalue weighted by Gasteiger charge is -2.26. The number of hydrogen-bond donors (Lipinski definition) is 3. The van der Waals surface area contributed by atoms with E-state index in [2.05, 4.69) is 5.32 Å². The van der Waals surface area contributed by atoms with Gasteiger partial charge in [-0.15, -0.1) is 0 Å². The Morgan fingerprint density at radius 2 is 1.94 bits per heavy atom. The van der Waals surface area contributed by atoms with Crippen LogP contribution in [0.1, 0.15) is 12.5 Å². The topological polar surface area (TPSA) is 69.6 Å². The monoisotopic (exact) mass is 259 g/mol. The fraction of sp³-hybridized carbons (Fsp3) is 0.417. The molecule has 1 aromatic rings. The first-order valence-electron chi connectivity index (χ1n) is 5.37. The van der Waals surface area contributed by atoms with Crippen LogP contribution in [0.4, 0.5) is 8.78 Å². The van der Waals surface area contributed by atoms with Crippen LogP contribution in [0.3, 0.4) is 0 Å². The van der Waals surface area contributed by atoms with Gasteiger partial charge in [0, 0.05) is 6.07 Å². The SMILES string of the molecule is CC(CO)(CO)NC(=O)Cc1ccc(F)cc1F. The summed E-state index contributed by atoms with van der Waals surface area (Å²) in [6.45, 7) is 0.564. The minimum atomic E-state index is -1.16. The highest BCUT2D eigenvalue weighted by Crippen LogP contribution is 2.11. The number of benzene rings is 1. The first kappa shape index (κ1) is 14.5. The van der Waals surface area contributed by atoms with E-state index in [9.17, 15) is 13.6 Å². The predicted molar refractivity (Wildman–Crippen MR) is 60.8 cm³/mol. The smallest absolute Gasteiger partial charge is 0.225 e. The molecule has 1 aromatic carbocycles. The Bertz CT molecular complexity index is 433. The molecule has 0 radical (unpaired) electrons. The van der Waals surface area contributed by atoms with E-state index in [1.54, 1.807) is 0 Å². The Labute approximate surface area is 103 Å². The van der Waals surface area contributed by atoms with Gasteiger partial charge in [-0.05, 0) is 18.6 Å². The molecule has 6 heteroatoms. The molecule has 0 aliphatic rings. The highest BCUT2D eigenvalue weighted by molar-refractivity contribution is 5.79. The molecule has 0 spiro atoms. The van der Waals surface area contributed by atoms with Gasteiger partial charge < -0.3 is 15.5 Å². The van der Waals surface area contributed by atoms with Gasteiger partial charge in [-0.1, -0.05) is 6.07 Å². The molecule has 1 amide bonds. The van der Waals surface area contributed by atoms with Crippen LogP contribution in [-0.4, -0.2) is 34.9 Å². The van der Waals surface area contributed by atoms with Crippen LogP contribution in [0.2, 0.25) is 0 Å². The maximum Gasteiger partial charge on any atom is 0.225 e. The summed E-state index contributed by atoms with van der Waals surface area (Å²) >= 11 is 0. The summed E-state index contributed by atoms with van der Waals surface area (Å²) < 4.78 is 25.9. The predicted octanol–water partition coefficient (Wildman–Crippen LogP) is 0.367. The molecular formula is C12H15F2NO3. The van der Waals surface area contributed by atoms with Crippen molar-refractivity contribution >= 4 is 5.91 Å². The lowest BCUT2D eigenvalue weighted by molar-refractivity contribution is -0.123. The highest BCUT2D eigenvalue weighted by Gasteiger charge is 2.24. The van der Waals surface area contributed by atoms with E-state index in [1.807, 2.05) is 0 Å². The summed E-state index contributed by atoms with van der Waals surface area (Å²) in [6.07, 6.45) is -0.290. The maximum absolute atomic E-state index is 13.3. The lowest BCUT2D eigenvalue weighted by atomic mass is 10.0. The van der Waals surface area contributed by atoms with Crippen molar-refractivity contribution in [1.82, 2.24) is 5.32 Å². The molecule has 0 heterocycles. The lowest BCUT2D eigenvalue weighted by Crippen LogP contribution is -2.52. The van der Waals surface area contributed by atoms with Crippen molar-refractivity contribution < 1.29 is 23.8 Å². The van der Waals surface area contributed by atoms with E-state index in [-0.39, 0.29) is 12.0 Å². The maximum atomic E-state index is 13.3. The van der Waals surface area contributed by atoms with Crippen molar-refractivity contribution in [2.75, 3.05) is 13.2 Å². The van der Waals surface area contributed by atoms with Gasteiger partial charge in [-0.2, -0.15) is 0 Å². The van der Waals surface area contributed by atoms with Crippen LogP contribution in [0.5, 0.6) is 0 Å². The fourth-order valence-electron chi connectivity index (χ4n) is 1.35. The summed E-state index contributed by atoms with van der Waals surface area (Å²) in [6, 6.07) is 2.93. The van der Waals surface area contributed by atoms with Gasteiger partial charge in [0.05, 0.1) is 25.2 Å². The summed E-state index contributed by atoms with van der Waals surface area (Å²) in [4.78, 5) is 11.6. The van der Waals surface area contributed by atoms with Gasteiger partial charge >= 0.3 is 0 Å². The molecule has 0 aliphatic heterocycles. The number of rotatable bonds is 5. The standard InChI is InChI=1S/C12H15F2NO3/c1-12(6-16,7-17)15-11(18)4-8-2-3-9(13)5-10(8)14/h2-3,5,16-17H,4,6-7H2,1H3,(H,15,18). The second-order valence-corrected chi connectivity index (χ2v) is 4.34. The van der Waals surface area contributed by atoms with Crippen molar-refractivity contribution in [3.8, 4) is 0 Å². The van der Waals surface area contributed by atoms with Gasteiger partial charge in [-0.3, -0.25) is 4.79 Å². The van der Waals surface area contributed by atoms with E-state index in [0.717, 1.165) is 6.07 Å². The van der Waals surface area contributed by atoms with Crippen LogP contribution < -0.4 is 5.32 Å². The van der Waals surface area contributed by atoms with Gasteiger partial charge in [0.1, 0.15) is 11.6 Å². The second kappa shape index (κ2) is 5.88. The molecule has 1 rings (SSSR count). The Kier molecular flexibility index (Phi) is 4.75. The number of carbonyl (C=O) groups is 1. The number of hydrogen-bond acceptors (Lipinski definition) is 3. The number of halogens is 2. The van der Waals surface area contributed by atoms with E-state index in [4.69, 9.17) is 10.2 Å². The molecule has 0 saturated heterocycles. The molecule has 0 saturated carbocycles. The third kappa shape index (κ3) is 3.75. The van der Waals surface area contributed by atoms with Gasteiger partial charge in [0.25, 0.3) is 0 Å². The zero-order chi connectivity index (χ0) is 13.8. The first-order chi connectivity index (χ1) is 8.40. The van der Waals surface area contributed by atoms with Crippen LogP contribution in [0, 0.1) is 11.6 Å². The Morgan fingerprint density at radius 3 is 2.44 bits per heavy atom. The summed E-state index contributed by atoms with van der Waals surface area (Å²) in [5, 5.41) is 20.4. The number of aliphatic hydroxyl groups excluding tert-OH is 2. The van der Waals surface area contributed by atoms with Gasteiger partial charge in [-0.25, -0.2) is 8.78 Å². The number of amides is 1. The Morgan fingerprint density at radius 1 is 1.33 bits per heavy atom. The molecule has 3 N–H and O–H groups in total. The van der Waals surface area contributed by atoms with Crippen LogP contribution in [0.15, 0.2) is 18.2 Å². The molecule has 4 nitrogen and oxygen atoms in total. The minimum Gasteiger partial charge on any atom is -0.394 e. The molecule has 0 unspecified atom stereocenters. The fourth-order valence-corrected chi connectivity index (χ4v) is 1.35. The molecule has 0 bridgehead atoms. The van der Waals surface area contributed by atoms with Crippen molar-refractivity contribution in [2.45, 2.75) is 18.9 Å². The molecule has 0 fully saturated rings. The average Bonchev–Trinajstić information content (AvgIpc) is 2.32. The van der Waals surface area contributed by atoms with Crippen LogP contribution in [0.25, 0.3) is 0 Å². The summed E-state index contributed by atoms with van der Waals surface area (Å²) in [5.41, 5.74) is -1.11. The largest absolute Gasteiger partial charge is 0.394 e. The number of nitrogens with one attached hydrogen (secondary N) is 1.